The SMILES string of the molecule is CNc1nc2nc(SC)[nH]c(=O)c2[nH]1. The van der Waals surface area contributed by atoms with E-state index in [2.05, 4.69) is 25.3 Å². The molecular formula is C7H9N5OS. The Bertz CT molecular complexity index is 516. The van der Waals surface area contributed by atoms with Gasteiger partial charge in [-0.3, -0.25) is 9.78 Å². The summed E-state index contributed by atoms with van der Waals surface area (Å²) >= 11 is 1.37. The molecule has 3 N–H and O–H groups in total. The third-order valence-electron chi connectivity index (χ3n) is 1.77. The standard InChI is InChI=1S/C7H9N5OS/c1-8-6-9-3-4(10-6)11-7(14-2)12-5(3)13/h1-2H3,(H3,8,9,10,11,12,13). The number of hydrogen-bond donors (Lipinski definition) is 3. The molecule has 0 unspecified atom stereocenters. The van der Waals surface area contributed by atoms with E-state index in [9.17, 15) is 4.79 Å². The second-order valence-electron chi connectivity index (χ2n) is 2.61. The molecule has 0 atom stereocenters. The molecule has 0 saturated heterocycles. The van der Waals surface area contributed by atoms with Crippen LogP contribution in [0.3, 0.4) is 0 Å². The van der Waals surface area contributed by atoms with Gasteiger partial charge in [0.1, 0.15) is 0 Å². The van der Waals surface area contributed by atoms with Crippen molar-refractivity contribution in [3.8, 4) is 0 Å². The highest BCUT2D eigenvalue weighted by molar-refractivity contribution is 7.98. The van der Waals surface area contributed by atoms with Gasteiger partial charge in [0.15, 0.2) is 16.3 Å². The lowest BCUT2D eigenvalue weighted by atomic mass is 10.6. The van der Waals surface area contributed by atoms with E-state index >= 15 is 0 Å². The van der Waals surface area contributed by atoms with Crippen molar-refractivity contribution in [3.05, 3.63) is 10.4 Å². The zero-order chi connectivity index (χ0) is 10.1. The summed E-state index contributed by atoms with van der Waals surface area (Å²) in [5.41, 5.74) is 0.628. The Morgan fingerprint density at radius 1 is 1.36 bits per heavy atom. The number of fused-ring (bicyclic) bond motifs is 1. The maximum Gasteiger partial charge on any atom is 0.277 e. The first-order chi connectivity index (χ1) is 6.74. The highest BCUT2D eigenvalue weighted by atomic mass is 32.2. The number of thioether (sulfide) groups is 1. The Kier molecular flexibility index (Phi) is 2.16. The van der Waals surface area contributed by atoms with E-state index in [0.717, 1.165) is 0 Å². The lowest BCUT2D eigenvalue weighted by molar-refractivity contribution is 0.968. The number of H-pyrrole nitrogens is 2. The Balaban J connectivity index is 2.73. The molecule has 2 aromatic heterocycles. The van der Waals surface area contributed by atoms with Crippen LogP contribution in [0.4, 0.5) is 5.95 Å². The summed E-state index contributed by atoms with van der Waals surface area (Å²) in [5, 5.41) is 3.38. The van der Waals surface area contributed by atoms with Gasteiger partial charge in [-0.05, 0) is 6.26 Å². The number of nitrogens with one attached hydrogen (secondary N) is 3. The fourth-order valence-electron chi connectivity index (χ4n) is 1.10. The van der Waals surface area contributed by atoms with Crippen molar-refractivity contribution in [1.82, 2.24) is 19.9 Å². The summed E-state index contributed by atoms with van der Waals surface area (Å²) in [5.74, 6) is 0.538. The summed E-state index contributed by atoms with van der Waals surface area (Å²) < 4.78 is 0. The van der Waals surface area contributed by atoms with Crippen LogP contribution in [-0.4, -0.2) is 33.2 Å². The smallest absolute Gasteiger partial charge is 0.277 e. The molecule has 0 aromatic carbocycles. The predicted octanol–water partition coefficient (Wildman–Crippen LogP) is 0.410. The predicted molar refractivity (Wildman–Crippen MR) is 55.8 cm³/mol. The van der Waals surface area contributed by atoms with E-state index in [0.29, 0.717) is 22.3 Å². The topological polar surface area (TPSA) is 86.5 Å². The first kappa shape index (κ1) is 9.07. The molecule has 0 aliphatic rings. The Hall–Kier alpha value is -1.50. The summed E-state index contributed by atoms with van der Waals surface area (Å²) in [7, 11) is 1.72. The van der Waals surface area contributed by atoms with Crippen molar-refractivity contribution in [2.75, 3.05) is 18.6 Å². The summed E-state index contributed by atoms with van der Waals surface area (Å²) in [6.45, 7) is 0. The average Bonchev–Trinajstić information content (AvgIpc) is 2.61. The molecule has 0 fully saturated rings. The molecule has 0 amide bonds. The Morgan fingerprint density at radius 3 is 2.79 bits per heavy atom. The minimum absolute atomic E-state index is 0.201. The van der Waals surface area contributed by atoms with Crippen molar-refractivity contribution in [2.45, 2.75) is 5.16 Å². The van der Waals surface area contributed by atoms with Crippen molar-refractivity contribution >= 4 is 28.9 Å². The van der Waals surface area contributed by atoms with Crippen LogP contribution < -0.4 is 10.9 Å². The quantitative estimate of drug-likeness (QED) is 0.494. The number of imidazole rings is 1. The summed E-state index contributed by atoms with van der Waals surface area (Å²) in [4.78, 5) is 25.2. The Labute approximate surface area is 83.5 Å². The van der Waals surface area contributed by atoms with E-state index in [-0.39, 0.29) is 5.56 Å². The van der Waals surface area contributed by atoms with Crippen LogP contribution in [0, 0.1) is 0 Å². The highest BCUT2D eigenvalue weighted by Gasteiger charge is 2.07. The fourth-order valence-corrected chi connectivity index (χ4v) is 1.47. The third-order valence-corrected chi connectivity index (χ3v) is 2.35. The molecule has 2 rings (SSSR count). The van der Waals surface area contributed by atoms with Crippen molar-refractivity contribution in [2.24, 2.45) is 0 Å². The maximum atomic E-state index is 11.5. The minimum Gasteiger partial charge on any atom is -0.359 e. The zero-order valence-corrected chi connectivity index (χ0v) is 8.53. The van der Waals surface area contributed by atoms with Gasteiger partial charge < -0.3 is 10.3 Å². The third kappa shape index (κ3) is 1.35. The molecule has 6 nitrogen and oxygen atoms in total. The van der Waals surface area contributed by atoms with Gasteiger partial charge in [-0.15, -0.1) is 0 Å². The van der Waals surface area contributed by atoms with Crippen LogP contribution in [0.1, 0.15) is 0 Å². The molecule has 0 bridgehead atoms. The summed E-state index contributed by atoms with van der Waals surface area (Å²) in [6.07, 6.45) is 1.84. The van der Waals surface area contributed by atoms with Gasteiger partial charge >= 0.3 is 0 Å². The lowest BCUT2D eigenvalue weighted by Gasteiger charge is -1.92. The number of rotatable bonds is 2. The van der Waals surface area contributed by atoms with Crippen LogP contribution >= 0.6 is 11.8 Å². The first-order valence-electron chi connectivity index (χ1n) is 3.96. The fraction of sp³-hybridized carbons (Fsp3) is 0.286. The minimum atomic E-state index is -0.201. The van der Waals surface area contributed by atoms with Gasteiger partial charge in [0, 0.05) is 7.05 Å². The molecule has 0 saturated carbocycles. The van der Waals surface area contributed by atoms with Crippen LogP contribution in [0.2, 0.25) is 0 Å². The van der Waals surface area contributed by atoms with Gasteiger partial charge in [-0.2, -0.15) is 4.98 Å². The maximum absolute atomic E-state index is 11.5. The normalized spacial score (nSPS) is 10.7. The number of nitrogens with zero attached hydrogens (tertiary/aromatic N) is 2. The van der Waals surface area contributed by atoms with Crippen LogP contribution in [0.5, 0.6) is 0 Å². The monoisotopic (exact) mass is 211 g/mol. The number of anilines is 1. The first-order valence-corrected chi connectivity index (χ1v) is 5.19. The molecule has 74 valence electrons. The Morgan fingerprint density at radius 2 is 2.14 bits per heavy atom. The highest BCUT2D eigenvalue weighted by Crippen LogP contribution is 2.11. The molecule has 0 spiro atoms. The molecule has 0 aliphatic heterocycles. The van der Waals surface area contributed by atoms with Crippen LogP contribution in [-0.2, 0) is 0 Å². The van der Waals surface area contributed by atoms with Crippen LogP contribution in [0.15, 0.2) is 9.95 Å². The van der Waals surface area contributed by atoms with Crippen molar-refractivity contribution in [3.63, 3.8) is 0 Å². The molecule has 7 heteroatoms. The van der Waals surface area contributed by atoms with E-state index < -0.39 is 0 Å². The van der Waals surface area contributed by atoms with E-state index in [1.54, 1.807) is 7.05 Å². The van der Waals surface area contributed by atoms with Gasteiger partial charge in [-0.1, -0.05) is 11.8 Å². The second kappa shape index (κ2) is 3.33. The zero-order valence-electron chi connectivity index (χ0n) is 7.71. The van der Waals surface area contributed by atoms with Gasteiger partial charge in [0.05, 0.1) is 0 Å². The van der Waals surface area contributed by atoms with Crippen molar-refractivity contribution < 1.29 is 0 Å². The van der Waals surface area contributed by atoms with Crippen molar-refractivity contribution in [1.29, 1.82) is 0 Å². The van der Waals surface area contributed by atoms with E-state index in [1.807, 2.05) is 6.26 Å². The van der Waals surface area contributed by atoms with E-state index in [1.165, 1.54) is 11.8 Å². The molecule has 14 heavy (non-hydrogen) atoms. The molecular weight excluding hydrogens is 202 g/mol. The number of aromatic nitrogens is 4. The van der Waals surface area contributed by atoms with Gasteiger partial charge in [0.25, 0.3) is 5.56 Å². The molecule has 2 heterocycles. The van der Waals surface area contributed by atoms with Gasteiger partial charge in [-0.25, -0.2) is 4.98 Å². The number of hydrogen-bond acceptors (Lipinski definition) is 5. The largest absolute Gasteiger partial charge is 0.359 e. The van der Waals surface area contributed by atoms with Gasteiger partial charge in [0.2, 0.25) is 5.95 Å². The summed E-state index contributed by atoms with van der Waals surface area (Å²) in [6, 6.07) is 0. The average molecular weight is 211 g/mol. The lowest BCUT2D eigenvalue weighted by Crippen LogP contribution is -2.08. The van der Waals surface area contributed by atoms with E-state index in [4.69, 9.17) is 0 Å². The molecule has 0 radical (unpaired) electrons. The molecule has 0 aliphatic carbocycles. The van der Waals surface area contributed by atoms with Crippen LogP contribution in [0.25, 0.3) is 11.2 Å². The number of aromatic amines is 2. The second-order valence-corrected chi connectivity index (χ2v) is 3.40. The molecule has 2 aromatic rings.